The zero-order valence-electron chi connectivity index (χ0n) is 9.47. The summed E-state index contributed by atoms with van der Waals surface area (Å²) in [7, 11) is -3.35. The predicted molar refractivity (Wildman–Crippen MR) is 62.7 cm³/mol. The van der Waals surface area contributed by atoms with Crippen molar-refractivity contribution in [2.75, 3.05) is 0 Å². The molecule has 1 aromatic rings. The number of benzene rings is 1. The molecule has 0 heterocycles. The van der Waals surface area contributed by atoms with E-state index in [1.54, 1.807) is 31.2 Å². The Morgan fingerprint density at radius 1 is 1.31 bits per heavy atom. The summed E-state index contributed by atoms with van der Waals surface area (Å²) in [6.07, 6.45) is 0.510. The molecule has 0 radical (unpaired) electrons. The van der Waals surface area contributed by atoms with E-state index >= 15 is 0 Å². The average Bonchev–Trinajstić information content (AvgIpc) is 2.26. The van der Waals surface area contributed by atoms with Crippen LogP contribution in [0.4, 0.5) is 0 Å². The van der Waals surface area contributed by atoms with Crippen molar-refractivity contribution in [3.63, 3.8) is 0 Å². The highest BCUT2D eigenvalue weighted by Crippen LogP contribution is 2.20. The van der Waals surface area contributed by atoms with Gasteiger partial charge in [0, 0.05) is 0 Å². The fourth-order valence-corrected chi connectivity index (χ4v) is 3.13. The van der Waals surface area contributed by atoms with Crippen LogP contribution in [0.5, 0.6) is 0 Å². The molecule has 3 nitrogen and oxygen atoms in total. The van der Waals surface area contributed by atoms with E-state index in [-0.39, 0.29) is 6.42 Å². The summed E-state index contributed by atoms with van der Waals surface area (Å²) < 4.78 is 24.2. The lowest BCUT2D eigenvalue weighted by Crippen LogP contribution is -2.20. The minimum absolute atomic E-state index is 0.0483. The first kappa shape index (κ1) is 12.7. The van der Waals surface area contributed by atoms with Crippen LogP contribution in [-0.4, -0.2) is 13.7 Å². The van der Waals surface area contributed by atoms with Crippen molar-refractivity contribution < 1.29 is 8.42 Å². The van der Waals surface area contributed by atoms with Crippen molar-refractivity contribution in [3.8, 4) is 6.07 Å². The fourth-order valence-electron chi connectivity index (χ4n) is 1.50. The molecule has 4 heteroatoms. The summed E-state index contributed by atoms with van der Waals surface area (Å²) >= 11 is 0. The molecule has 0 N–H and O–H groups in total. The molecule has 1 aromatic carbocycles. The predicted octanol–water partition coefficient (Wildman–Crippen LogP) is 2.46. The third kappa shape index (κ3) is 2.61. The summed E-state index contributed by atoms with van der Waals surface area (Å²) in [6.45, 7) is 3.69. The molecule has 0 amide bonds. The van der Waals surface area contributed by atoms with E-state index in [1.165, 1.54) is 0 Å². The van der Waals surface area contributed by atoms with E-state index in [9.17, 15) is 8.42 Å². The van der Waals surface area contributed by atoms with Gasteiger partial charge in [0.15, 0.2) is 9.84 Å². The van der Waals surface area contributed by atoms with Gasteiger partial charge < -0.3 is 0 Å². The van der Waals surface area contributed by atoms with Crippen molar-refractivity contribution in [2.45, 2.75) is 36.8 Å². The Hall–Kier alpha value is -1.34. The average molecular weight is 237 g/mol. The number of hydrogen-bond acceptors (Lipinski definition) is 3. The minimum Gasteiger partial charge on any atom is -0.223 e. The largest absolute Gasteiger partial charge is 0.223 e. The van der Waals surface area contributed by atoms with E-state index in [0.29, 0.717) is 11.3 Å². The molecule has 0 saturated heterocycles. The van der Waals surface area contributed by atoms with Crippen LogP contribution in [-0.2, 0) is 9.84 Å². The standard InChI is InChI=1S/C12H15NO2S/c1-3-11(8-9-13)16(14,15)12-6-4-10(2)5-7-12/h4-7,11H,3,8H2,1-2H3. The van der Waals surface area contributed by atoms with Crippen molar-refractivity contribution >= 4 is 9.84 Å². The number of hydrogen-bond donors (Lipinski definition) is 0. The van der Waals surface area contributed by atoms with Crippen molar-refractivity contribution in [3.05, 3.63) is 29.8 Å². The molecule has 0 aliphatic rings. The van der Waals surface area contributed by atoms with Gasteiger partial charge in [-0.3, -0.25) is 0 Å². The topological polar surface area (TPSA) is 57.9 Å². The van der Waals surface area contributed by atoms with Gasteiger partial charge in [-0.2, -0.15) is 5.26 Å². The lowest BCUT2D eigenvalue weighted by atomic mass is 10.2. The van der Waals surface area contributed by atoms with Gasteiger partial charge in [-0.05, 0) is 25.5 Å². The number of sulfone groups is 1. The molecule has 0 saturated carbocycles. The maximum Gasteiger partial charge on any atom is 0.182 e. The lowest BCUT2D eigenvalue weighted by Gasteiger charge is -2.12. The molecule has 0 aliphatic carbocycles. The number of nitriles is 1. The summed E-state index contributed by atoms with van der Waals surface area (Å²) in [4.78, 5) is 0.306. The third-order valence-corrected chi connectivity index (χ3v) is 4.87. The van der Waals surface area contributed by atoms with Gasteiger partial charge in [0.1, 0.15) is 0 Å². The zero-order valence-corrected chi connectivity index (χ0v) is 10.3. The van der Waals surface area contributed by atoms with Crippen LogP contribution >= 0.6 is 0 Å². The van der Waals surface area contributed by atoms with Crippen LogP contribution in [0.25, 0.3) is 0 Å². The first-order valence-electron chi connectivity index (χ1n) is 5.20. The Balaban J connectivity index is 3.10. The lowest BCUT2D eigenvalue weighted by molar-refractivity contribution is 0.576. The van der Waals surface area contributed by atoms with Crippen molar-refractivity contribution in [1.29, 1.82) is 5.26 Å². The first-order valence-corrected chi connectivity index (χ1v) is 6.74. The summed E-state index contributed by atoms with van der Waals surface area (Å²) in [5.41, 5.74) is 1.02. The second-order valence-electron chi connectivity index (χ2n) is 3.75. The molecule has 0 aromatic heterocycles. The Morgan fingerprint density at radius 3 is 2.31 bits per heavy atom. The van der Waals surface area contributed by atoms with Gasteiger partial charge in [-0.1, -0.05) is 24.6 Å². The van der Waals surface area contributed by atoms with Crippen LogP contribution in [0.15, 0.2) is 29.2 Å². The quantitative estimate of drug-likeness (QED) is 0.808. The summed E-state index contributed by atoms with van der Waals surface area (Å²) in [5.74, 6) is 0. The Kier molecular flexibility index (Phi) is 4.08. The van der Waals surface area contributed by atoms with Crippen LogP contribution in [0.3, 0.4) is 0 Å². The molecular weight excluding hydrogens is 222 g/mol. The highest BCUT2D eigenvalue weighted by Gasteiger charge is 2.25. The van der Waals surface area contributed by atoms with Crippen LogP contribution < -0.4 is 0 Å². The molecule has 1 unspecified atom stereocenters. The monoisotopic (exact) mass is 237 g/mol. The van der Waals surface area contributed by atoms with Gasteiger partial charge in [-0.25, -0.2) is 8.42 Å². The van der Waals surface area contributed by atoms with E-state index in [2.05, 4.69) is 0 Å². The molecule has 1 atom stereocenters. The first-order chi connectivity index (χ1) is 7.52. The van der Waals surface area contributed by atoms with Gasteiger partial charge in [-0.15, -0.1) is 0 Å². The fraction of sp³-hybridized carbons (Fsp3) is 0.417. The number of aryl methyl sites for hydroxylation is 1. The molecule has 0 fully saturated rings. The van der Waals surface area contributed by atoms with E-state index in [0.717, 1.165) is 5.56 Å². The molecule has 0 bridgehead atoms. The summed E-state index contributed by atoms with van der Waals surface area (Å²) in [5, 5.41) is 8.01. The SMILES string of the molecule is CCC(CC#N)S(=O)(=O)c1ccc(C)cc1. The number of rotatable bonds is 4. The highest BCUT2D eigenvalue weighted by molar-refractivity contribution is 7.92. The van der Waals surface area contributed by atoms with E-state index in [1.807, 2.05) is 13.0 Å². The maximum absolute atomic E-state index is 12.1. The molecule has 1 rings (SSSR count). The highest BCUT2D eigenvalue weighted by atomic mass is 32.2. The molecule has 86 valence electrons. The third-order valence-electron chi connectivity index (χ3n) is 2.56. The molecular formula is C12H15NO2S. The van der Waals surface area contributed by atoms with Crippen LogP contribution in [0.2, 0.25) is 0 Å². The Bertz CT molecular complexity index is 483. The Morgan fingerprint density at radius 2 is 1.88 bits per heavy atom. The van der Waals surface area contributed by atoms with Gasteiger partial charge in [0.2, 0.25) is 0 Å². The second kappa shape index (κ2) is 5.13. The maximum atomic E-state index is 12.1. The van der Waals surface area contributed by atoms with Gasteiger partial charge in [0.05, 0.1) is 22.6 Å². The zero-order chi connectivity index (χ0) is 12.2. The van der Waals surface area contributed by atoms with E-state index in [4.69, 9.17) is 5.26 Å². The van der Waals surface area contributed by atoms with Crippen molar-refractivity contribution in [1.82, 2.24) is 0 Å². The minimum atomic E-state index is -3.35. The second-order valence-corrected chi connectivity index (χ2v) is 5.98. The van der Waals surface area contributed by atoms with E-state index < -0.39 is 15.1 Å². The normalized spacial score (nSPS) is 13.1. The van der Waals surface area contributed by atoms with Gasteiger partial charge >= 0.3 is 0 Å². The van der Waals surface area contributed by atoms with Crippen molar-refractivity contribution in [2.24, 2.45) is 0 Å². The molecule has 16 heavy (non-hydrogen) atoms. The Labute approximate surface area is 96.6 Å². The van der Waals surface area contributed by atoms with Crippen LogP contribution in [0.1, 0.15) is 25.3 Å². The molecule has 0 aliphatic heterocycles. The summed E-state index contributed by atoms with van der Waals surface area (Å²) in [6, 6.07) is 8.67. The van der Waals surface area contributed by atoms with Gasteiger partial charge in [0.25, 0.3) is 0 Å². The number of nitrogens with zero attached hydrogens (tertiary/aromatic N) is 1. The van der Waals surface area contributed by atoms with Crippen LogP contribution in [0, 0.1) is 18.3 Å². The smallest absolute Gasteiger partial charge is 0.182 e. The molecule has 0 spiro atoms.